The Hall–Kier alpha value is -3.93. The van der Waals surface area contributed by atoms with Gasteiger partial charge in [0, 0.05) is 12.1 Å². The summed E-state index contributed by atoms with van der Waals surface area (Å²) in [7, 11) is 3.64. The summed E-state index contributed by atoms with van der Waals surface area (Å²) in [5.41, 5.74) is 0.760. The third-order valence-electron chi connectivity index (χ3n) is 6.76. The predicted molar refractivity (Wildman–Crippen MR) is 211 cm³/mol. The molecule has 0 radical (unpaired) electrons. The number of carbonyl (C=O) groups is 1. The fraction of sp³-hybridized carbons (Fsp3) is 0.237. The van der Waals surface area contributed by atoms with Gasteiger partial charge in [-0.25, -0.2) is 0 Å². The van der Waals surface area contributed by atoms with Crippen molar-refractivity contribution in [2.45, 2.75) is 24.7 Å². The van der Waals surface area contributed by atoms with Gasteiger partial charge in [0.25, 0.3) is 6.47 Å². The monoisotopic (exact) mass is 1110 g/mol. The Labute approximate surface area is 472 Å². The van der Waals surface area contributed by atoms with Crippen molar-refractivity contribution in [1.29, 1.82) is 0 Å². The number of rotatable bonds is 8. The van der Waals surface area contributed by atoms with E-state index in [1.807, 2.05) is 0 Å². The molecule has 30 heteroatoms. The number of nitrogens with one attached hydrogen (secondary N) is 1. The van der Waals surface area contributed by atoms with E-state index in [1.165, 1.54) is 26.4 Å². The summed E-state index contributed by atoms with van der Waals surface area (Å²) < 4.78 is 173. The number of nitro groups is 2. The first-order chi connectivity index (χ1) is 30.4. The van der Waals surface area contributed by atoms with Crippen molar-refractivity contribution < 1.29 is 200 Å². The molecule has 364 valence electrons. The van der Waals surface area contributed by atoms with Crippen LogP contribution >= 0.6 is 15.9 Å². The van der Waals surface area contributed by atoms with Crippen molar-refractivity contribution >= 4 is 45.2 Å². The number of alkyl halides is 13. The van der Waals surface area contributed by atoms with Crippen molar-refractivity contribution in [3.63, 3.8) is 0 Å². The molecule has 0 unspecified atom stereocenters. The zero-order valence-electron chi connectivity index (χ0n) is 36.4. The van der Waals surface area contributed by atoms with Gasteiger partial charge in [-0.3, -0.25) is 25.0 Å². The summed E-state index contributed by atoms with van der Waals surface area (Å²) >= 11 is 3.01. The van der Waals surface area contributed by atoms with E-state index in [9.17, 15) is 77.3 Å². The van der Waals surface area contributed by atoms with Gasteiger partial charge in [-0.05, 0) is 60.7 Å². The number of hydrogen-bond acceptors (Lipinski definition) is 12. The molecule has 0 heterocycles. The van der Waals surface area contributed by atoms with Gasteiger partial charge >= 0.3 is 139 Å². The Morgan fingerprint density at radius 1 is 0.662 bits per heavy atom. The number of nitro benzene ring substituents is 2. The first-order valence-electron chi connectivity index (χ1n) is 16.5. The number of nitrogens with zero attached hydrogens (tertiary/aromatic N) is 2. The molecule has 4 aromatic carbocycles. The zero-order chi connectivity index (χ0) is 51.6. The van der Waals surface area contributed by atoms with Crippen LogP contribution in [0.3, 0.4) is 0 Å². The SMILES string of the molecule is C#CCBr.C#CCNc1ccc(C(F)(F)F)cc1OC.COc1cc(C(F)(F)F)ccc1N.COc1cc(C(F)(F)F)ccc1[N+](=O)[O-].O=CO[O-].O=[N+]([O-])c1ccc(C(F)(F)F)cc1F.[H-].[K+].[K+]. The van der Waals surface area contributed by atoms with Crippen LogP contribution in [0.4, 0.5) is 79.8 Å². The maximum atomic E-state index is 12.7. The molecular weight excluding hydrogens is 1080 g/mol. The van der Waals surface area contributed by atoms with Gasteiger partial charge in [0.15, 0.2) is 5.75 Å². The fourth-order valence-corrected chi connectivity index (χ4v) is 3.88. The van der Waals surface area contributed by atoms with Gasteiger partial charge in [0.1, 0.15) is 11.5 Å². The van der Waals surface area contributed by atoms with Gasteiger partial charge in [0.2, 0.25) is 5.82 Å². The van der Waals surface area contributed by atoms with Crippen LogP contribution in [-0.2, 0) is 34.4 Å². The van der Waals surface area contributed by atoms with E-state index < -0.39 is 79.7 Å². The van der Waals surface area contributed by atoms with E-state index in [0.29, 0.717) is 35.3 Å². The van der Waals surface area contributed by atoms with Crippen LogP contribution in [0.25, 0.3) is 0 Å². The van der Waals surface area contributed by atoms with Crippen LogP contribution in [-0.4, -0.2) is 49.5 Å². The minimum atomic E-state index is -4.70. The number of benzene rings is 4. The average molecular weight is 1110 g/mol. The van der Waals surface area contributed by atoms with Gasteiger partial charge in [-0.1, -0.05) is 27.8 Å². The molecule has 0 aromatic heterocycles. The molecule has 0 saturated heterocycles. The van der Waals surface area contributed by atoms with Crippen LogP contribution in [0.1, 0.15) is 23.7 Å². The van der Waals surface area contributed by atoms with E-state index in [2.05, 4.69) is 47.4 Å². The molecule has 0 amide bonds. The summed E-state index contributed by atoms with van der Waals surface area (Å²) in [4.78, 5) is 29.8. The number of nitrogen functional groups attached to an aromatic ring is 1. The Morgan fingerprint density at radius 2 is 1.00 bits per heavy atom. The quantitative estimate of drug-likeness (QED) is 0.0296. The van der Waals surface area contributed by atoms with Gasteiger partial charge in [0.05, 0.1) is 76.7 Å². The molecule has 68 heavy (non-hydrogen) atoms. The van der Waals surface area contributed by atoms with Crippen LogP contribution in [0.15, 0.2) is 72.8 Å². The number of nitrogens with two attached hydrogens (primary N) is 1. The molecule has 0 aliphatic rings. The molecule has 4 aromatic rings. The summed E-state index contributed by atoms with van der Waals surface area (Å²) in [6, 6.07) is 9.19. The standard InChI is InChI=1S/C11H10F3NO.C8H6F3NO3.C8H8F3NO.C7H3F4NO2.C3H3Br.CH2O3.2K.H/c1-3-6-15-9-5-4-8(11(12,13)14)7-10(9)16-2;1-15-7-4-5(8(9,10)11)2-3-6(7)12(13)14;1-13-7-4-5(8(9,10)11)2-3-6(7)12;8-5-3-4(7(9,10)11)1-2-6(5)12(13)14;1-2-3-4;2-1-4-3;;;/h1,4-5,7,15H,6H2,2H3;2-4H,1H3;2-4H,12H2,1H3;1-3H;1H,3H2;1,3H;;;/q;;;;;;2*+1;-1/p-1. The number of terminal acetylenes is 2. The molecule has 0 aliphatic carbocycles. The molecule has 0 fully saturated rings. The topological polar surface area (TPSA) is 201 Å². The number of anilines is 2. The van der Waals surface area contributed by atoms with E-state index in [-0.39, 0.29) is 140 Å². The maximum absolute atomic E-state index is 12.7. The Morgan fingerprint density at radius 3 is 1.32 bits per heavy atom. The first-order valence-corrected chi connectivity index (χ1v) is 17.6. The third-order valence-corrected chi connectivity index (χ3v) is 7.09. The summed E-state index contributed by atoms with van der Waals surface area (Å²) in [6.45, 7) is 0.0434. The second-order valence-electron chi connectivity index (χ2n) is 11.0. The Kier molecular flexibility index (Phi) is 35.7. The second-order valence-corrected chi connectivity index (χ2v) is 11.6. The summed E-state index contributed by atoms with van der Waals surface area (Å²) in [6.07, 6.45) is -8.21. The summed E-state index contributed by atoms with van der Waals surface area (Å²) in [5.74, 6) is 2.92. The van der Waals surface area contributed by atoms with Crippen molar-refractivity contribution in [3.05, 3.63) is 121 Å². The van der Waals surface area contributed by atoms with Crippen LogP contribution < -0.4 is 133 Å². The van der Waals surface area contributed by atoms with Gasteiger partial charge in [-0.2, -0.15) is 57.1 Å². The number of methoxy groups -OCH3 is 3. The molecule has 0 saturated carbocycles. The van der Waals surface area contributed by atoms with E-state index in [4.69, 9.17) is 33.4 Å². The average Bonchev–Trinajstić information content (AvgIpc) is 3.24. The van der Waals surface area contributed by atoms with E-state index in [1.54, 1.807) is 0 Å². The minimum Gasteiger partial charge on any atom is -1.00 e. The predicted octanol–water partition coefficient (Wildman–Crippen LogP) is 4.00. The molecule has 0 bridgehead atoms. The Balaban J connectivity index is -0.000000247. The zero-order valence-corrected chi connectivity index (χ0v) is 43.3. The minimum absolute atomic E-state index is 0. The molecular formula is C38H32BrF13K2N4O10. The largest absolute Gasteiger partial charge is 1.00 e. The number of halogens is 14. The Bertz CT molecular complexity index is 2280. The number of carbonyl (C=O) groups excluding carboxylic acids is 1. The van der Waals surface area contributed by atoms with Gasteiger partial charge < -0.3 is 36.8 Å². The fourth-order valence-electron chi connectivity index (χ4n) is 3.88. The normalized spacial score (nSPS) is 10.1. The molecule has 0 aliphatic heterocycles. The smallest absolute Gasteiger partial charge is 1.00 e. The molecule has 0 atom stereocenters. The maximum Gasteiger partial charge on any atom is 1.00 e. The third kappa shape index (κ3) is 27.3. The molecule has 4 rings (SSSR count). The summed E-state index contributed by atoms with van der Waals surface area (Å²) in [5, 5.41) is 32.3. The van der Waals surface area contributed by atoms with E-state index >= 15 is 0 Å². The van der Waals surface area contributed by atoms with Crippen LogP contribution in [0.5, 0.6) is 17.2 Å². The van der Waals surface area contributed by atoms with Crippen molar-refractivity contribution in [2.24, 2.45) is 0 Å². The number of ether oxygens (including phenoxy) is 3. The van der Waals surface area contributed by atoms with Crippen molar-refractivity contribution in [2.75, 3.05) is 44.3 Å². The molecule has 14 nitrogen and oxygen atoms in total. The first kappa shape index (κ1) is 70.6. The van der Waals surface area contributed by atoms with Crippen LogP contribution in [0, 0.1) is 50.7 Å². The molecule has 3 N–H and O–H groups in total. The van der Waals surface area contributed by atoms with Crippen molar-refractivity contribution in [3.8, 4) is 41.9 Å². The van der Waals surface area contributed by atoms with Crippen LogP contribution in [0.2, 0.25) is 0 Å². The van der Waals surface area contributed by atoms with Crippen molar-refractivity contribution in [1.82, 2.24) is 0 Å². The molecule has 0 spiro atoms. The number of hydrogen-bond donors (Lipinski definition) is 2. The van der Waals surface area contributed by atoms with Gasteiger partial charge in [-0.15, -0.1) is 12.8 Å². The second kappa shape index (κ2) is 34.4. The van der Waals surface area contributed by atoms with E-state index in [0.717, 1.165) is 37.4 Å².